The minimum atomic E-state index is -0.734. The molecule has 2 rings (SSSR count). The molecule has 1 unspecified atom stereocenters. The van der Waals surface area contributed by atoms with Gasteiger partial charge in [0, 0.05) is 12.6 Å². The van der Waals surface area contributed by atoms with Crippen LogP contribution >= 0.6 is 12.4 Å². The average Bonchev–Trinajstić information content (AvgIpc) is 2.47. The maximum Gasteiger partial charge on any atom is 0.240 e. The summed E-state index contributed by atoms with van der Waals surface area (Å²) in [5.41, 5.74) is 7.19. The first-order valence-corrected chi connectivity index (χ1v) is 7.88. The van der Waals surface area contributed by atoms with Gasteiger partial charge in [-0.1, -0.05) is 31.4 Å². The van der Waals surface area contributed by atoms with Crippen LogP contribution in [0.5, 0.6) is 0 Å². The summed E-state index contributed by atoms with van der Waals surface area (Å²) < 4.78 is 0. The molecule has 23 heavy (non-hydrogen) atoms. The van der Waals surface area contributed by atoms with Crippen molar-refractivity contribution in [2.45, 2.75) is 57.5 Å². The summed E-state index contributed by atoms with van der Waals surface area (Å²) >= 11 is 0. The minimum absolute atomic E-state index is 0. The summed E-state index contributed by atoms with van der Waals surface area (Å²) in [6, 6.07) is 7.34. The van der Waals surface area contributed by atoms with Crippen molar-refractivity contribution in [1.82, 2.24) is 5.32 Å². The molecular weight excluding hydrogens is 314 g/mol. The topological polar surface area (TPSA) is 84.2 Å². The predicted octanol–water partition coefficient (Wildman–Crippen LogP) is 2.91. The number of benzene rings is 1. The van der Waals surface area contributed by atoms with Crippen LogP contribution in [0.25, 0.3) is 0 Å². The fourth-order valence-corrected chi connectivity index (χ4v) is 2.92. The number of rotatable bonds is 4. The molecule has 0 heterocycles. The zero-order valence-electron chi connectivity index (χ0n) is 13.7. The number of hydrogen-bond donors (Lipinski definition) is 3. The predicted molar refractivity (Wildman–Crippen MR) is 94.6 cm³/mol. The molecule has 0 aromatic heterocycles. The third kappa shape index (κ3) is 5.22. The monoisotopic (exact) mass is 339 g/mol. The van der Waals surface area contributed by atoms with E-state index in [1.807, 2.05) is 31.2 Å². The van der Waals surface area contributed by atoms with E-state index in [9.17, 15) is 9.59 Å². The van der Waals surface area contributed by atoms with Crippen LogP contribution in [0.1, 0.15) is 57.6 Å². The van der Waals surface area contributed by atoms with Gasteiger partial charge in [0.2, 0.25) is 11.8 Å². The molecule has 1 aliphatic rings. The molecule has 5 nitrogen and oxygen atoms in total. The van der Waals surface area contributed by atoms with Gasteiger partial charge < -0.3 is 16.4 Å². The Balaban J connectivity index is 0.00000264. The van der Waals surface area contributed by atoms with Crippen molar-refractivity contribution in [2.75, 3.05) is 5.32 Å². The normalized spacial score (nSPS) is 17.5. The van der Waals surface area contributed by atoms with E-state index < -0.39 is 5.54 Å². The quantitative estimate of drug-likeness (QED) is 0.788. The van der Waals surface area contributed by atoms with E-state index in [0.29, 0.717) is 0 Å². The summed E-state index contributed by atoms with van der Waals surface area (Å²) in [5.74, 6) is -0.193. The second kappa shape index (κ2) is 8.31. The molecule has 6 heteroatoms. The molecule has 1 aromatic rings. The molecule has 0 radical (unpaired) electrons. The lowest BCUT2D eigenvalue weighted by molar-refractivity contribution is -0.128. The fraction of sp³-hybridized carbons (Fsp3) is 0.529. The Bertz CT molecular complexity index is 557. The highest BCUT2D eigenvalue weighted by molar-refractivity contribution is 5.89. The first-order valence-electron chi connectivity index (χ1n) is 7.88. The highest BCUT2D eigenvalue weighted by Gasteiger charge is 2.35. The summed E-state index contributed by atoms with van der Waals surface area (Å²) in [4.78, 5) is 23.6. The van der Waals surface area contributed by atoms with Crippen LogP contribution in [0.3, 0.4) is 0 Å². The number of halogens is 1. The molecule has 1 saturated carbocycles. The molecule has 1 aromatic carbocycles. The zero-order chi connectivity index (χ0) is 16.2. The summed E-state index contributed by atoms with van der Waals surface area (Å²) in [7, 11) is 0. The Morgan fingerprint density at radius 1 is 1.22 bits per heavy atom. The second-order valence-electron chi connectivity index (χ2n) is 6.22. The number of carbonyl (C=O) groups excluding carboxylic acids is 2. The lowest BCUT2D eigenvalue weighted by Crippen LogP contribution is -2.55. The lowest BCUT2D eigenvalue weighted by atomic mass is 9.81. The maximum absolute atomic E-state index is 12.5. The molecule has 1 atom stereocenters. The molecule has 1 fully saturated rings. The molecule has 0 bridgehead atoms. The highest BCUT2D eigenvalue weighted by atomic mass is 35.5. The standard InChI is InChI=1S/C17H25N3O2.ClH/c1-12(14-7-6-8-15(11-14)20-13(2)21)19-16(22)17(18)9-4-3-5-10-17;/h6-8,11-12H,3-5,9-10,18H2,1-2H3,(H,19,22)(H,20,21);1H. The molecular formula is C17H26ClN3O2. The third-order valence-corrected chi connectivity index (χ3v) is 4.25. The van der Waals surface area contributed by atoms with Crippen LogP contribution in [0, 0.1) is 0 Å². The van der Waals surface area contributed by atoms with Gasteiger partial charge in [0.15, 0.2) is 0 Å². The Hall–Kier alpha value is -1.59. The van der Waals surface area contributed by atoms with E-state index in [4.69, 9.17) is 5.73 Å². The van der Waals surface area contributed by atoms with Crippen LogP contribution in [0.2, 0.25) is 0 Å². The number of nitrogens with one attached hydrogen (secondary N) is 2. The lowest BCUT2D eigenvalue weighted by Gasteiger charge is -2.33. The number of anilines is 1. The first-order chi connectivity index (χ1) is 10.4. The van der Waals surface area contributed by atoms with E-state index in [1.54, 1.807) is 0 Å². The van der Waals surface area contributed by atoms with Gasteiger partial charge in [0.1, 0.15) is 0 Å². The SMILES string of the molecule is CC(=O)Nc1cccc(C(C)NC(=O)C2(N)CCCCC2)c1.Cl. The van der Waals surface area contributed by atoms with Gasteiger partial charge in [0.05, 0.1) is 11.6 Å². The van der Waals surface area contributed by atoms with Crippen molar-refractivity contribution >= 4 is 29.9 Å². The smallest absolute Gasteiger partial charge is 0.240 e. The van der Waals surface area contributed by atoms with Crippen molar-refractivity contribution < 1.29 is 9.59 Å². The van der Waals surface area contributed by atoms with E-state index in [-0.39, 0.29) is 30.3 Å². The Morgan fingerprint density at radius 2 is 1.87 bits per heavy atom. The van der Waals surface area contributed by atoms with E-state index >= 15 is 0 Å². The molecule has 0 aliphatic heterocycles. The van der Waals surface area contributed by atoms with Gasteiger partial charge in [-0.15, -0.1) is 12.4 Å². The fourth-order valence-electron chi connectivity index (χ4n) is 2.92. The van der Waals surface area contributed by atoms with Gasteiger partial charge in [-0.2, -0.15) is 0 Å². The van der Waals surface area contributed by atoms with Crippen molar-refractivity contribution in [2.24, 2.45) is 5.73 Å². The highest BCUT2D eigenvalue weighted by Crippen LogP contribution is 2.27. The number of nitrogens with two attached hydrogens (primary N) is 1. The summed E-state index contributed by atoms with van der Waals surface area (Å²) in [6.07, 6.45) is 4.67. The zero-order valence-corrected chi connectivity index (χ0v) is 14.5. The van der Waals surface area contributed by atoms with Crippen molar-refractivity contribution in [3.05, 3.63) is 29.8 Å². The molecule has 4 N–H and O–H groups in total. The van der Waals surface area contributed by atoms with Crippen LogP contribution in [0.15, 0.2) is 24.3 Å². The molecule has 0 spiro atoms. The number of carbonyl (C=O) groups is 2. The Kier molecular flexibility index (Phi) is 7.03. The Labute approximate surface area is 143 Å². The van der Waals surface area contributed by atoms with E-state index in [0.717, 1.165) is 43.4 Å². The molecule has 1 aliphatic carbocycles. The largest absolute Gasteiger partial charge is 0.348 e. The minimum Gasteiger partial charge on any atom is -0.348 e. The second-order valence-corrected chi connectivity index (χ2v) is 6.22. The van der Waals surface area contributed by atoms with Gasteiger partial charge in [-0.05, 0) is 37.5 Å². The van der Waals surface area contributed by atoms with E-state index in [2.05, 4.69) is 10.6 Å². The molecule has 128 valence electrons. The Morgan fingerprint density at radius 3 is 2.48 bits per heavy atom. The number of hydrogen-bond acceptors (Lipinski definition) is 3. The van der Waals surface area contributed by atoms with Crippen LogP contribution < -0.4 is 16.4 Å². The average molecular weight is 340 g/mol. The van der Waals surface area contributed by atoms with Crippen LogP contribution in [-0.2, 0) is 9.59 Å². The number of amides is 2. The van der Waals surface area contributed by atoms with Gasteiger partial charge in [-0.25, -0.2) is 0 Å². The van der Waals surface area contributed by atoms with Gasteiger partial charge >= 0.3 is 0 Å². The maximum atomic E-state index is 12.5. The van der Waals surface area contributed by atoms with Crippen molar-refractivity contribution in [3.8, 4) is 0 Å². The summed E-state index contributed by atoms with van der Waals surface area (Å²) in [5, 5.41) is 5.76. The van der Waals surface area contributed by atoms with Crippen molar-refractivity contribution in [1.29, 1.82) is 0 Å². The van der Waals surface area contributed by atoms with Gasteiger partial charge in [-0.3, -0.25) is 9.59 Å². The third-order valence-electron chi connectivity index (χ3n) is 4.25. The van der Waals surface area contributed by atoms with E-state index in [1.165, 1.54) is 6.92 Å². The van der Waals surface area contributed by atoms with Crippen molar-refractivity contribution in [3.63, 3.8) is 0 Å². The molecule has 0 saturated heterocycles. The molecule has 2 amide bonds. The van der Waals surface area contributed by atoms with Crippen LogP contribution in [-0.4, -0.2) is 17.4 Å². The summed E-state index contributed by atoms with van der Waals surface area (Å²) in [6.45, 7) is 3.40. The van der Waals surface area contributed by atoms with Crippen LogP contribution in [0.4, 0.5) is 5.69 Å². The first kappa shape index (κ1) is 19.5. The van der Waals surface area contributed by atoms with Gasteiger partial charge in [0.25, 0.3) is 0 Å².